The number of amides is 2. The number of hydrogen-bond acceptors (Lipinski definition) is 3. The number of anilines is 1. The quantitative estimate of drug-likeness (QED) is 0.841. The van der Waals surface area contributed by atoms with Crippen LogP contribution in [0.3, 0.4) is 0 Å². The number of carbonyl (C=O) groups is 2. The monoisotopic (exact) mass is 318 g/mol. The lowest BCUT2D eigenvalue weighted by Gasteiger charge is -2.24. The largest absolute Gasteiger partial charge is 0.330 e. The molecule has 2 atom stereocenters. The van der Waals surface area contributed by atoms with Gasteiger partial charge in [0.25, 0.3) is 0 Å². The van der Waals surface area contributed by atoms with Crippen molar-refractivity contribution in [2.24, 2.45) is 5.92 Å². The highest BCUT2D eigenvalue weighted by Crippen LogP contribution is 2.31. The van der Waals surface area contributed by atoms with Crippen molar-refractivity contribution in [2.75, 3.05) is 23.7 Å². The molecule has 5 heteroatoms. The molecular formula is C17H22N2O2S. The number of benzene rings is 1. The third kappa shape index (κ3) is 2.74. The fraction of sp³-hybridized carbons (Fsp3) is 0.529. The Morgan fingerprint density at radius 1 is 1.27 bits per heavy atom. The van der Waals surface area contributed by atoms with Crippen LogP contribution in [0.25, 0.3) is 0 Å². The predicted molar refractivity (Wildman–Crippen MR) is 90.0 cm³/mol. The molecule has 0 bridgehead atoms. The lowest BCUT2D eigenvalue weighted by molar-refractivity contribution is -0.135. The topological polar surface area (TPSA) is 40.6 Å². The molecule has 0 saturated carbocycles. The Kier molecular flexibility index (Phi) is 4.17. The third-order valence-electron chi connectivity index (χ3n) is 4.69. The van der Waals surface area contributed by atoms with Gasteiger partial charge in [0.1, 0.15) is 0 Å². The normalized spacial score (nSPS) is 25.1. The summed E-state index contributed by atoms with van der Waals surface area (Å²) in [5, 5.41) is 0.235. The second-order valence-electron chi connectivity index (χ2n) is 6.18. The first-order valence-corrected chi connectivity index (χ1v) is 8.82. The summed E-state index contributed by atoms with van der Waals surface area (Å²) in [7, 11) is 0. The smallest absolute Gasteiger partial charge is 0.228 e. The maximum absolute atomic E-state index is 12.6. The van der Waals surface area contributed by atoms with Crippen molar-refractivity contribution in [1.82, 2.24) is 4.90 Å². The van der Waals surface area contributed by atoms with Crippen LogP contribution in [0, 0.1) is 19.8 Å². The highest BCUT2D eigenvalue weighted by molar-refractivity contribution is 8.00. The van der Waals surface area contributed by atoms with E-state index in [9.17, 15) is 9.59 Å². The van der Waals surface area contributed by atoms with Gasteiger partial charge in [0.05, 0.1) is 11.3 Å². The second-order valence-corrected chi connectivity index (χ2v) is 7.60. The van der Waals surface area contributed by atoms with E-state index in [0.29, 0.717) is 13.0 Å². The third-order valence-corrected chi connectivity index (χ3v) is 5.84. The van der Waals surface area contributed by atoms with Crippen LogP contribution in [0.4, 0.5) is 5.69 Å². The van der Waals surface area contributed by atoms with Gasteiger partial charge in [-0.25, -0.2) is 0 Å². The van der Waals surface area contributed by atoms with Crippen LogP contribution in [0.5, 0.6) is 0 Å². The number of aryl methyl sites for hydroxylation is 2. The van der Waals surface area contributed by atoms with Crippen LogP contribution in [-0.4, -0.2) is 40.9 Å². The first-order chi connectivity index (χ1) is 10.5. The average molecular weight is 318 g/mol. The van der Waals surface area contributed by atoms with Gasteiger partial charge in [-0.05, 0) is 44.0 Å². The Morgan fingerprint density at radius 2 is 2.05 bits per heavy atom. The zero-order chi connectivity index (χ0) is 15.9. The summed E-state index contributed by atoms with van der Waals surface area (Å²) >= 11 is 1.80. The standard InChI is InChI=1S/C17H22N2O2S/c1-11-4-5-15(8-12(11)2)19-10-14(9-16(19)20)17(21)18-6-7-22-13(18)3/h4-5,8,13-14H,6-7,9-10H2,1-3H3. The van der Waals surface area contributed by atoms with Crippen molar-refractivity contribution in [3.63, 3.8) is 0 Å². The van der Waals surface area contributed by atoms with E-state index in [4.69, 9.17) is 0 Å². The Bertz CT molecular complexity index is 617. The summed E-state index contributed by atoms with van der Waals surface area (Å²) in [6.45, 7) is 7.48. The molecule has 2 saturated heterocycles. The summed E-state index contributed by atoms with van der Waals surface area (Å²) in [4.78, 5) is 28.7. The molecule has 2 fully saturated rings. The SMILES string of the molecule is Cc1ccc(N2CC(C(=O)N3CCSC3C)CC2=O)cc1C. The molecule has 0 aromatic heterocycles. The van der Waals surface area contributed by atoms with Gasteiger partial charge in [-0.2, -0.15) is 0 Å². The van der Waals surface area contributed by atoms with E-state index in [1.54, 1.807) is 16.7 Å². The minimum Gasteiger partial charge on any atom is -0.330 e. The molecule has 2 unspecified atom stereocenters. The van der Waals surface area contributed by atoms with Crippen LogP contribution >= 0.6 is 11.8 Å². The van der Waals surface area contributed by atoms with E-state index in [1.165, 1.54) is 11.1 Å². The van der Waals surface area contributed by atoms with Gasteiger partial charge in [-0.1, -0.05) is 6.07 Å². The maximum Gasteiger partial charge on any atom is 0.228 e. The number of carbonyl (C=O) groups excluding carboxylic acids is 2. The molecule has 2 aliphatic rings. The fourth-order valence-corrected chi connectivity index (χ4v) is 4.17. The van der Waals surface area contributed by atoms with E-state index < -0.39 is 0 Å². The second kappa shape index (κ2) is 5.95. The van der Waals surface area contributed by atoms with Gasteiger partial charge >= 0.3 is 0 Å². The summed E-state index contributed by atoms with van der Waals surface area (Å²) in [6, 6.07) is 6.04. The minimum atomic E-state index is -0.199. The van der Waals surface area contributed by atoms with Crippen molar-refractivity contribution in [2.45, 2.75) is 32.6 Å². The van der Waals surface area contributed by atoms with Crippen molar-refractivity contribution in [3.8, 4) is 0 Å². The summed E-state index contributed by atoms with van der Waals surface area (Å²) in [6.07, 6.45) is 0.333. The van der Waals surface area contributed by atoms with Crippen LogP contribution in [-0.2, 0) is 9.59 Å². The Hall–Kier alpha value is -1.49. The van der Waals surface area contributed by atoms with Crippen LogP contribution in [0.1, 0.15) is 24.5 Å². The number of nitrogens with zero attached hydrogens (tertiary/aromatic N) is 2. The molecule has 2 aliphatic heterocycles. The van der Waals surface area contributed by atoms with Gasteiger partial charge in [0.15, 0.2) is 0 Å². The summed E-state index contributed by atoms with van der Waals surface area (Å²) < 4.78 is 0. The highest BCUT2D eigenvalue weighted by atomic mass is 32.2. The lowest BCUT2D eigenvalue weighted by Crippen LogP contribution is -2.39. The highest BCUT2D eigenvalue weighted by Gasteiger charge is 2.39. The molecule has 2 heterocycles. The van der Waals surface area contributed by atoms with Crippen LogP contribution in [0.15, 0.2) is 18.2 Å². The molecule has 118 valence electrons. The van der Waals surface area contributed by atoms with Crippen molar-refractivity contribution < 1.29 is 9.59 Å². The Labute approximate surface area is 135 Å². The zero-order valence-corrected chi connectivity index (χ0v) is 14.2. The van der Waals surface area contributed by atoms with E-state index in [-0.39, 0.29) is 23.1 Å². The molecule has 4 nitrogen and oxygen atoms in total. The van der Waals surface area contributed by atoms with Crippen molar-refractivity contribution in [1.29, 1.82) is 0 Å². The maximum atomic E-state index is 12.6. The van der Waals surface area contributed by atoms with Crippen LogP contribution < -0.4 is 4.90 Å². The van der Waals surface area contributed by atoms with Gasteiger partial charge in [0, 0.05) is 31.0 Å². The van der Waals surface area contributed by atoms with Gasteiger partial charge in [0.2, 0.25) is 11.8 Å². The number of hydrogen-bond donors (Lipinski definition) is 0. The molecule has 22 heavy (non-hydrogen) atoms. The minimum absolute atomic E-state index is 0.0566. The van der Waals surface area contributed by atoms with E-state index in [1.807, 2.05) is 30.0 Å². The van der Waals surface area contributed by atoms with Crippen molar-refractivity contribution >= 4 is 29.3 Å². The number of thioether (sulfide) groups is 1. The number of rotatable bonds is 2. The molecule has 3 rings (SSSR count). The van der Waals surface area contributed by atoms with E-state index >= 15 is 0 Å². The lowest BCUT2D eigenvalue weighted by atomic mass is 10.1. The molecule has 0 radical (unpaired) electrons. The molecule has 1 aromatic carbocycles. The summed E-state index contributed by atoms with van der Waals surface area (Å²) in [5.41, 5.74) is 3.29. The molecule has 1 aromatic rings. The summed E-state index contributed by atoms with van der Waals surface area (Å²) in [5.74, 6) is 0.989. The Morgan fingerprint density at radius 3 is 2.68 bits per heavy atom. The molecule has 0 aliphatic carbocycles. The van der Waals surface area contributed by atoms with E-state index in [2.05, 4.69) is 13.8 Å². The van der Waals surface area contributed by atoms with E-state index in [0.717, 1.165) is 18.0 Å². The Balaban J connectivity index is 1.75. The van der Waals surface area contributed by atoms with Crippen LogP contribution in [0.2, 0.25) is 0 Å². The zero-order valence-electron chi connectivity index (χ0n) is 13.3. The average Bonchev–Trinajstić information content (AvgIpc) is 3.07. The molecule has 2 amide bonds. The van der Waals surface area contributed by atoms with Gasteiger partial charge in [-0.3, -0.25) is 9.59 Å². The molecule has 0 N–H and O–H groups in total. The predicted octanol–water partition coefficient (Wildman–Crippen LogP) is 2.58. The first-order valence-electron chi connectivity index (χ1n) is 7.77. The van der Waals surface area contributed by atoms with Gasteiger partial charge in [-0.15, -0.1) is 11.8 Å². The molecular weight excluding hydrogens is 296 g/mol. The van der Waals surface area contributed by atoms with Crippen molar-refractivity contribution in [3.05, 3.63) is 29.3 Å². The van der Waals surface area contributed by atoms with Gasteiger partial charge < -0.3 is 9.80 Å². The molecule has 0 spiro atoms. The first kappa shape index (κ1) is 15.4. The fourth-order valence-electron chi connectivity index (χ4n) is 3.13.